The maximum absolute atomic E-state index is 5.81. The lowest BCUT2D eigenvalue weighted by Crippen LogP contribution is -2.55. The van der Waals surface area contributed by atoms with Crippen molar-refractivity contribution in [1.29, 1.82) is 0 Å². The first-order valence-corrected chi connectivity index (χ1v) is 8.11. The van der Waals surface area contributed by atoms with Gasteiger partial charge in [0, 0.05) is 31.8 Å². The molecule has 2 rings (SSSR count). The lowest BCUT2D eigenvalue weighted by molar-refractivity contribution is 0.0325. The minimum atomic E-state index is 0.384. The summed E-state index contributed by atoms with van der Waals surface area (Å²) in [6.07, 6.45) is 5.55. The summed E-state index contributed by atoms with van der Waals surface area (Å²) in [5.74, 6) is 0. The van der Waals surface area contributed by atoms with E-state index in [1.807, 2.05) is 0 Å². The van der Waals surface area contributed by atoms with E-state index in [9.17, 15) is 0 Å². The largest absolute Gasteiger partial charge is 0.377 e. The Labute approximate surface area is 119 Å². The van der Waals surface area contributed by atoms with E-state index in [4.69, 9.17) is 4.74 Å². The third-order valence-corrected chi connectivity index (χ3v) is 4.78. The quantitative estimate of drug-likeness (QED) is 0.851. The normalized spacial score (nSPS) is 36.9. The summed E-state index contributed by atoms with van der Waals surface area (Å²) in [6.45, 7) is 13.6. The average Bonchev–Trinajstić information content (AvgIpc) is 2.56. The highest BCUT2D eigenvalue weighted by Crippen LogP contribution is 2.38. The zero-order valence-electron chi connectivity index (χ0n) is 13.2. The summed E-state index contributed by atoms with van der Waals surface area (Å²) in [4.78, 5) is 2.70. The predicted octanol–water partition coefficient (Wildman–Crippen LogP) is 2.65. The third-order valence-electron chi connectivity index (χ3n) is 4.78. The average molecular weight is 268 g/mol. The topological polar surface area (TPSA) is 24.5 Å². The molecule has 2 aliphatic rings. The molecule has 1 heterocycles. The molecule has 3 atom stereocenters. The monoisotopic (exact) mass is 268 g/mol. The van der Waals surface area contributed by atoms with Crippen LogP contribution < -0.4 is 5.32 Å². The smallest absolute Gasteiger partial charge is 0.0674 e. The molecule has 0 spiro atoms. The Balaban J connectivity index is 2.06. The molecular weight excluding hydrogens is 236 g/mol. The molecule has 1 N–H and O–H groups in total. The van der Waals surface area contributed by atoms with E-state index >= 15 is 0 Å². The highest BCUT2D eigenvalue weighted by molar-refractivity contribution is 4.95. The second kappa shape index (κ2) is 6.55. The van der Waals surface area contributed by atoms with Crippen molar-refractivity contribution in [2.45, 2.75) is 71.6 Å². The van der Waals surface area contributed by atoms with E-state index in [0.717, 1.165) is 19.7 Å². The van der Waals surface area contributed by atoms with Crippen molar-refractivity contribution in [3.05, 3.63) is 0 Å². The predicted molar refractivity (Wildman–Crippen MR) is 80.5 cm³/mol. The van der Waals surface area contributed by atoms with Gasteiger partial charge in [-0.05, 0) is 44.6 Å². The number of ether oxygens (including phenoxy) is 1. The highest BCUT2D eigenvalue weighted by Gasteiger charge is 2.38. The molecule has 0 aromatic heterocycles. The van der Waals surface area contributed by atoms with Crippen molar-refractivity contribution in [3.8, 4) is 0 Å². The molecular formula is C16H32N2O. The van der Waals surface area contributed by atoms with Crippen molar-refractivity contribution >= 4 is 0 Å². The van der Waals surface area contributed by atoms with Crippen LogP contribution in [0.2, 0.25) is 0 Å². The Kier molecular flexibility index (Phi) is 5.27. The van der Waals surface area contributed by atoms with Gasteiger partial charge in [0.15, 0.2) is 0 Å². The highest BCUT2D eigenvalue weighted by atomic mass is 16.5. The van der Waals surface area contributed by atoms with Gasteiger partial charge in [0.1, 0.15) is 0 Å². The molecule has 0 amide bonds. The van der Waals surface area contributed by atoms with E-state index in [2.05, 4.69) is 37.9 Å². The number of nitrogens with zero attached hydrogens (tertiary/aromatic N) is 1. The Morgan fingerprint density at radius 3 is 2.89 bits per heavy atom. The minimum Gasteiger partial charge on any atom is -0.377 e. The van der Waals surface area contributed by atoms with Crippen molar-refractivity contribution in [2.24, 2.45) is 5.41 Å². The maximum Gasteiger partial charge on any atom is 0.0674 e. The molecule has 1 saturated heterocycles. The molecule has 1 aliphatic heterocycles. The van der Waals surface area contributed by atoms with E-state index in [-0.39, 0.29) is 0 Å². The molecule has 1 aliphatic carbocycles. The fourth-order valence-corrected chi connectivity index (χ4v) is 3.76. The first-order chi connectivity index (χ1) is 9.02. The van der Waals surface area contributed by atoms with Gasteiger partial charge in [-0.2, -0.15) is 0 Å². The van der Waals surface area contributed by atoms with Gasteiger partial charge in [-0.25, -0.2) is 0 Å². The summed E-state index contributed by atoms with van der Waals surface area (Å²) in [5.41, 5.74) is 0.493. The van der Waals surface area contributed by atoms with Gasteiger partial charge in [0.25, 0.3) is 0 Å². The van der Waals surface area contributed by atoms with Crippen molar-refractivity contribution in [3.63, 3.8) is 0 Å². The van der Waals surface area contributed by atoms with Crippen molar-refractivity contribution in [1.82, 2.24) is 10.2 Å². The Morgan fingerprint density at radius 1 is 1.37 bits per heavy atom. The Hall–Kier alpha value is -0.120. The van der Waals surface area contributed by atoms with E-state index in [1.54, 1.807) is 0 Å². The lowest BCUT2D eigenvalue weighted by Gasteiger charge is -2.46. The second-order valence-electron chi connectivity index (χ2n) is 7.17. The molecule has 0 aromatic carbocycles. The lowest BCUT2D eigenvalue weighted by atomic mass is 9.72. The molecule has 3 unspecified atom stereocenters. The van der Waals surface area contributed by atoms with Crippen LogP contribution in [0, 0.1) is 5.41 Å². The summed E-state index contributed by atoms with van der Waals surface area (Å²) < 4.78 is 5.81. The summed E-state index contributed by atoms with van der Waals surface area (Å²) in [5, 5.41) is 3.72. The number of rotatable bonds is 3. The van der Waals surface area contributed by atoms with Crippen LogP contribution in [-0.4, -0.2) is 49.3 Å². The zero-order chi connectivity index (χ0) is 13.9. The fraction of sp³-hybridized carbons (Fsp3) is 1.00. The standard InChI is InChI=1S/C16H32N2O/c1-5-17-14-7-8-16(3,4)11-15(14)18-9-6-10-19-13(2)12-18/h13-15,17H,5-12H2,1-4H3. The summed E-state index contributed by atoms with van der Waals surface area (Å²) in [7, 11) is 0. The molecule has 0 radical (unpaired) electrons. The number of hydrogen-bond acceptors (Lipinski definition) is 3. The van der Waals surface area contributed by atoms with Crippen LogP contribution in [-0.2, 0) is 4.74 Å². The molecule has 112 valence electrons. The van der Waals surface area contributed by atoms with E-state index in [1.165, 1.54) is 32.2 Å². The zero-order valence-corrected chi connectivity index (χ0v) is 13.2. The Morgan fingerprint density at radius 2 is 2.16 bits per heavy atom. The van der Waals surface area contributed by atoms with Gasteiger partial charge >= 0.3 is 0 Å². The van der Waals surface area contributed by atoms with Crippen LogP contribution in [0.25, 0.3) is 0 Å². The maximum atomic E-state index is 5.81. The van der Waals surface area contributed by atoms with Crippen LogP contribution in [0.1, 0.15) is 53.4 Å². The van der Waals surface area contributed by atoms with Gasteiger partial charge < -0.3 is 10.1 Å². The number of nitrogens with one attached hydrogen (secondary N) is 1. The van der Waals surface area contributed by atoms with Crippen LogP contribution in [0.3, 0.4) is 0 Å². The summed E-state index contributed by atoms with van der Waals surface area (Å²) >= 11 is 0. The van der Waals surface area contributed by atoms with Crippen LogP contribution in [0.15, 0.2) is 0 Å². The van der Waals surface area contributed by atoms with Gasteiger partial charge in [0.2, 0.25) is 0 Å². The van der Waals surface area contributed by atoms with Gasteiger partial charge in [-0.3, -0.25) is 4.90 Å². The first-order valence-electron chi connectivity index (χ1n) is 8.11. The molecule has 1 saturated carbocycles. The fourth-order valence-electron chi connectivity index (χ4n) is 3.76. The molecule has 3 heteroatoms. The first kappa shape index (κ1) is 15.3. The van der Waals surface area contributed by atoms with Gasteiger partial charge in [0.05, 0.1) is 6.10 Å². The minimum absolute atomic E-state index is 0.384. The van der Waals surface area contributed by atoms with Crippen molar-refractivity contribution in [2.75, 3.05) is 26.2 Å². The summed E-state index contributed by atoms with van der Waals surface area (Å²) in [6, 6.07) is 1.36. The molecule has 0 bridgehead atoms. The van der Waals surface area contributed by atoms with Gasteiger partial charge in [-0.15, -0.1) is 0 Å². The Bertz CT molecular complexity index is 280. The molecule has 2 fully saturated rings. The molecule has 19 heavy (non-hydrogen) atoms. The third kappa shape index (κ3) is 4.17. The number of likely N-dealkylation sites (N-methyl/N-ethyl adjacent to an activating group) is 1. The second-order valence-corrected chi connectivity index (χ2v) is 7.17. The van der Waals surface area contributed by atoms with Crippen molar-refractivity contribution < 1.29 is 4.74 Å². The van der Waals surface area contributed by atoms with Crippen LogP contribution in [0.4, 0.5) is 0 Å². The van der Waals surface area contributed by atoms with Gasteiger partial charge in [-0.1, -0.05) is 20.8 Å². The van der Waals surface area contributed by atoms with E-state index < -0.39 is 0 Å². The SMILES string of the molecule is CCNC1CCC(C)(C)CC1N1CCCOC(C)C1. The van der Waals surface area contributed by atoms with E-state index in [0.29, 0.717) is 23.6 Å². The van der Waals surface area contributed by atoms with Crippen LogP contribution >= 0.6 is 0 Å². The number of hydrogen-bond donors (Lipinski definition) is 1. The molecule has 0 aromatic rings. The molecule has 3 nitrogen and oxygen atoms in total. The van der Waals surface area contributed by atoms with Crippen LogP contribution in [0.5, 0.6) is 0 Å².